The lowest BCUT2D eigenvalue weighted by molar-refractivity contribution is 0.0917. The van der Waals surface area contributed by atoms with Gasteiger partial charge in [-0.05, 0) is 43.0 Å². The molecule has 0 aliphatic heterocycles. The lowest BCUT2D eigenvalue weighted by atomic mass is 9.93. The molecule has 1 aliphatic carbocycles. The van der Waals surface area contributed by atoms with Gasteiger partial charge in [0.15, 0.2) is 0 Å². The molecule has 1 aliphatic rings. The third-order valence-corrected chi connectivity index (χ3v) is 4.22. The molecule has 3 N–H and O–H groups in total. The van der Waals surface area contributed by atoms with Crippen molar-refractivity contribution in [1.82, 2.24) is 5.32 Å². The molecule has 128 valence electrons. The van der Waals surface area contributed by atoms with Crippen molar-refractivity contribution in [2.45, 2.75) is 38.5 Å². The summed E-state index contributed by atoms with van der Waals surface area (Å²) in [4.78, 5) is 12.2. The van der Waals surface area contributed by atoms with Crippen molar-refractivity contribution in [3.05, 3.63) is 65.2 Å². The van der Waals surface area contributed by atoms with Gasteiger partial charge in [-0.25, -0.2) is 0 Å². The van der Waals surface area contributed by atoms with Crippen LogP contribution in [0.2, 0.25) is 0 Å². The van der Waals surface area contributed by atoms with Crippen molar-refractivity contribution in [2.24, 2.45) is 5.73 Å². The average molecular weight is 347 g/mol. The second kappa shape index (κ2) is 8.71. The van der Waals surface area contributed by atoms with E-state index in [-0.39, 0.29) is 18.3 Å². The van der Waals surface area contributed by atoms with Gasteiger partial charge in [-0.1, -0.05) is 30.3 Å². The minimum atomic E-state index is -0.0287. The van der Waals surface area contributed by atoms with Gasteiger partial charge in [0.05, 0.1) is 0 Å². The number of benzene rings is 2. The van der Waals surface area contributed by atoms with Crippen molar-refractivity contribution >= 4 is 18.3 Å². The number of hydrogen-bond acceptors (Lipinski definition) is 3. The first kappa shape index (κ1) is 18.3. The molecule has 0 unspecified atom stereocenters. The lowest BCUT2D eigenvalue weighted by Gasteiger charge is -2.26. The maximum Gasteiger partial charge on any atom is 0.251 e. The molecular weight excluding hydrogens is 324 g/mol. The zero-order valence-corrected chi connectivity index (χ0v) is 14.4. The van der Waals surface area contributed by atoms with E-state index < -0.39 is 0 Å². The highest BCUT2D eigenvalue weighted by Crippen LogP contribution is 2.23. The molecule has 4 nitrogen and oxygen atoms in total. The fourth-order valence-electron chi connectivity index (χ4n) is 2.58. The van der Waals surface area contributed by atoms with Crippen molar-refractivity contribution in [2.75, 3.05) is 0 Å². The van der Waals surface area contributed by atoms with E-state index in [0.717, 1.165) is 29.7 Å². The van der Waals surface area contributed by atoms with Gasteiger partial charge in [-0.15, -0.1) is 12.4 Å². The van der Waals surface area contributed by atoms with Crippen molar-refractivity contribution in [3.8, 4) is 5.75 Å². The van der Waals surface area contributed by atoms with E-state index in [1.807, 2.05) is 42.5 Å². The van der Waals surface area contributed by atoms with E-state index >= 15 is 0 Å². The lowest BCUT2D eigenvalue weighted by Crippen LogP contribution is -2.39. The zero-order chi connectivity index (χ0) is 16.1. The van der Waals surface area contributed by atoms with Crippen LogP contribution in [0, 0.1) is 0 Å². The Morgan fingerprint density at radius 2 is 1.92 bits per heavy atom. The number of halogens is 1. The molecule has 0 atom stereocenters. The van der Waals surface area contributed by atoms with Crippen molar-refractivity contribution < 1.29 is 9.53 Å². The molecule has 0 aromatic heterocycles. The first-order valence-corrected chi connectivity index (χ1v) is 8.07. The largest absolute Gasteiger partial charge is 0.489 e. The van der Waals surface area contributed by atoms with Gasteiger partial charge in [-0.3, -0.25) is 4.79 Å². The molecule has 1 saturated carbocycles. The number of amides is 1. The van der Waals surface area contributed by atoms with Crippen LogP contribution >= 0.6 is 12.4 Å². The van der Waals surface area contributed by atoms with Crippen LogP contribution in [0.5, 0.6) is 5.75 Å². The highest BCUT2D eigenvalue weighted by Gasteiger charge is 2.20. The minimum absolute atomic E-state index is 0. The summed E-state index contributed by atoms with van der Waals surface area (Å²) in [5.41, 5.74) is 8.41. The highest BCUT2D eigenvalue weighted by molar-refractivity contribution is 5.94. The number of ether oxygens (including phenoxy) is 1. The molecule has 0 spiro atoms. The summed E-state index contributed by atoms with van der Waals surface area (Å²) in [7, 11) is 0. The van der Waals surface area contributed by atoms with Crippen LogP contribution in [0.25, 0.3) is 0 Å². The predicted octanol–water partition coefficient (Wildman–Crippen LogP) is 3.43. The third kappa shape index (κ3) is 4.49. The Balaban J connectivity index is 0.00000208. The number of carbonyl (C=O) groups excluding carboxylic acids is 1. The predicted molar refractivity (Wildman–Crippen MR) is 97.5 cm³/mol. The van der Waals surface area contributed by atoms with E-state index in [2.05, 4.69) is 5.32 Å². The highest BCUT2D eigenvalue weighted by atomic mass is 35.5. The first-order valence-electron chi connectivity index (χ1n) is 8.07. The van der Waals surface area contributed by atoms with Gasteiger partial charge in [0.2, 0.25) is 0 Å². The maximum atomic E-state index is 12.2. The smallest absolute Gasteiger partial charge is 0.251 e. The Morgan fingerprint density at radius 3 is 2.54 bits per heavy atom. The van der Waals surface area contributed by atoms with Crippen LogP contribution in [0.3, 0.4) is 0 Å². The van der Waals surface area contributed by atoms with Crippen LogP contribution in [0.1, 0.15) is 40.7 Å². The van der Waals surface area contributed by atoms with Gasteiger partial charge in [0.25, 0.3) is 5.91 Å². The maximum absolute atomic E-state index is 12.2. The fourth-order valence-corrected chi connectivity index (χ4v) is 2.58. The summed E-state index contributed by atoms with van der Waals surface area (Å²) in [6.45, 7) is 0.829. The summed E-state index contributed by atoms with van der Waals surface area (Å²) in [5, 5.41) is 3.04. The minimum Gasteiger partial charge on any atom is -0.489 e. The molecule has 2 aromatic rings. The number of rotatable bonds is 6. The zero-order valence-electron chi connectivity index (χ0n) is 13.5. The van der Waals surface area contributed by atoms with E-state index in [1.54, 1.807) is 6.07 Å². The molecule has 2 aromatic carbocycles. The van der Waals surface area contributed by atoms with Crippen LogP contribution < -0.4 is 15.8 Å². The first-order chi connectivity index (χ1) is 11.3. The second-order valence-electron chi connectivity index (χ2n) is 5.90. The monoisotopic (exact) mass is 346 g/mol. The second-order valence-corrected chi connectivity index (χ2v) is 5.90. The van der Waals surface area contributed by atoms with Gasteiger partial charge in [0, 0.05) is 23.7 Å². The van der Waals surface area contributed by atoms with E-state index in [4.69, 9.17) is 10.5 Å². The molecule has 5 heteroatoms. The summed E-state index contributed by atoms with van der Waals surface area (Å²) < 4.78 is 5.85. The van der Waals surface area contributed by atoms with E-state index in [0.29, 0.717) is 24.8 Å². The number of hydrogen-bond donors (Lipinski definition) is 2. The Labute approximate surface area is 148 Å². The van der Waals surface area contributed by atoms with Crippen LogP contribution in [-0.4, -0.2) is 11.9 Å². The Hall–Kier alpha value is -2.04. The summed E-state index contributed by atoms with van der Waals surface area (Å²) in [6.07, 6.45) is 3.35. The van der Waals surface area contributed by atoms with Crippen LogP contribution in [-0.2, 0) is 13.2 Å². The van der Waals surface area contributed by atoms with Crippen LogP contribution in [0.4, 0.5) is 0 Å². The number of nitrogens with two attached hydrogens (primary N) is 1. The quantitative estimate of drug-likeness (QED) is 0.842. The van der Waals surface area contributed by atoms with Gasteiger partial charge in [0.1, 0.15) is 12.4 Å². The Morgan fingerprint density at radius 1 is 1.17 bits per heavy atom. The molecule has 3 rings (SSSR count). The SMILES string of the molecule is Cl.NCc1cc(C(=O)NC2CCC2)ccc1OCc1ccccc1. The standard InChI is InChI=1S/C19H22N2O2.ClH/c20-12-16-11-15(19(22)21-17-7-4-8-17)9-10-18(16)23-13-14-5-2-1-3-6-14;/h1-3,5-6,9-11,17H,4,7-8,12-13,20H2,(H,21,22);1H. The molecule has 0 radical (unpaired) electrons. The van der Waals surface area contributed by atoms with E-state index in [9.17, 15) is 4.79 Å². The Bertz CT molecular complexity index is 672. The van der Waals surface area contributed by atoms with Crippen molar-refractivity contribution in [3.63, 3.8) is 0 Å². The molecular formula is C19H23ClN2O2. The number of nitrogens with one attached hydrogen (secondary N) is 1. The molecule has 24 heavy (non-hydrogen) atoms. The molecule has 1 fully saturated rings. The van der Waals surface area contributed by atoms with Crippen molar-refractivity contribution in [1.29, 1.82) is 0 Å². The van der Waals surface area contributed by atoms with Gasteiger partial charge < -0.3 is 15.8 Å². The molecule has 1 amide bonds. The van der Waals surface area contributed by atoms with Gasteiger partial charge in [-0.2, -0.15) is 0 Å². The normalized spacial score (nSPS) is 13.5. The molecule has 0 heterocycles. The summed E-state index contributed by atoms with van der Waals surface area (Å²) in [5.74, 6) is 0.704. The van der Waals surface area contributed by atoms with E-state index in [1.165, 1.54) is 6.42 Å². The Kier molecular flexibility index (Phi) is 6.64. The third-order valence-electron chi connectivity index (χ3n) is 4.22. The summed E-state index contributed by atoms with van der Waals surface area (Å²) >= 11 is 0. The van der Waals surface area contributed by atoms with Crippen LogP contribution in [0.15, 0.2) is 48.5 Å². The topological polar surface area (TPSA) is 64.4 Å². The summed E-state index contributed by atoms with van der Waals surface area (Å²) in [6, 6.07) is 15.8. The fraction of sp³-hybridized carbons (Fsp3) is 0.316. The molecule has 0 saturated heterocycles. The average Bonchev–Trinajstić information content (AvgIpc) is 2.56. The molecule has 0 bridgehead atoms. The van der Waals surface area contributed by atoms with Gasteiger partial charge >= 0.3 is 0 Å². The number of carbonyl (C=O) groups is 1.